The zero-order valence-electron chi connectivity index (χ0n) is 10.5. The van der Waals surface area contributed by atoms with E-state index in [2.05, 4.69) is 10.6 Å². The summed E-state index contributed by atoms with van der Waals surface area (Å²) in [5.74, 6) is -0.534. The second-order valence-corrected chi connectivity index (χ2v) is 3.68. The number of amides is 1. The zero-order valence-corrected chi connectivity index (χ0v) is 10.5. The van der Waals surface area contributed by atoms with E-state index in [-0.39, 0.29) is 23.8 Å². The maximum atomic E-state index is 11.4. The number of carbonyl (C=O) groups is 2. The van der Waals surface area contributed by atoms with Crippen molar-refractivity contribution < 1.29 is 14.3 Å². The lowest BCUT2D eigenvalue weighted by Gasteiger charge is -2.16. The van der Waals surface area contributed by atoms with Crippen molar-refractivity contribution in [1.29, 1.82) is 0 Å². The number of hydrogen-bond acceptors (Lipinski definition) is 4. The Morgan fingerprint density at radius 3 is 2.38 bits per heavy atom. The van der Waals surface area contributed by atoms with Crippen molar-refractivity contribution in [2.75, 3.05) is 19.7 Å². The van der Waals surface area contributed by atoms with Crippen molar-refractivity contribution in [1.82, 2.24) is 10.6 Å². The van der Waals surface area contributed by atoms with Crippen molar-refractivity contribution in [2.24, 2.45) is 5.92 Å². The molecule has 2 N–H and O–H groups in total. The summed E-state index contributed by atoms with van der Waals surface area (Å²) in [5, 5.41) is 5.70. The molecular weight excluding hydrogens is 208 g/mol. The molecule has 0 aromatic heterocycles. The quantitative estimate of drug-likeness (QED) is 0.617. The van der Waals surface area contributed by atoms with E-state index in [4.69, 9.17) is 4.74 Å². The van der Waals surface area contributed by atoms with E-state index in [1.54, 1.807) is 20.8 Å². The van der Waals surface area contributed by atoms with E-state index in [0.717, 1.165) is 0 Å². The molecule has 0 heterocycles. The summed E-state index contributed by atoms with van der Waals surface area (Å²) in [6.45, 7) is 8.62. The van der Waals surface area contributed by atoms with Crippen LogP contribution >= 0.6 is 0 Å². The largest absolute Gasteiger partial charge is 0.466 e. The number of nitrogens with one attached hydrogen (secondary N) is 2. The number of hydrogen-bond donors (Lipinski definition) is 2. The molecule has 0 aromatic rings. The average Bonchev–Trinajstić information content (AvgIpc) is 2.25. The van der Waals surface area contributed by atoms with Crippen LogP contribution in [0.15, 0.2) is 0 Å². The summed E-state index contributed by atoms with van der Waals surface area (Å²) in [4.78, 5) is 22.6. The normalized spacial score (nSPS) is 14.0. The van der Waals surface area contributed by atoms with Gasteiger partial charge >= 0.3 is 5.97 Å². The molecular formula is C11H22N2O3. The number of esters is 1. The van der Waals surface area contributed by atoms with Crippen LogP contribution in [0.3, 0.4) is 0 Å². The third-order valence-electron chi connectivity index (χ3n) is 2.16. The highest BCUT2D eigenvalue weighted by Gasteiger charge is 2.17. The summed E-state index contributed by atoms with van der Waals surface area (Å²) in [6, 6.07) is -0.295. The van der Waals surface area contributed by atoms with Gasteiger partial charge < -0.3 is 15.4 Å². The highest BCUT2D eigenvalue weighted by molar-refractivity contribution is 5.81. The molecule has 0 fully saturated rings. The molecule has 16 heavy (non-hydrogen) atoms. The second kappa shape index (κ2) is 8.10. The van der Waals surface area contributed by atoms with Gasteiger partial charge in [0.15, 0.2) is 0 Å². The minimum Gasteiger partial charge on any atom is -0.466 e. The molecule has 0 radical (unpaired) electrons. The SMILES string of the molecule is CCNC(=O)C(C)NCC(C)C(=O)OCC. The van der Waals surface area contributed by atoms with Gasteiger partial charge in [-0.15, -0.1) is 0 Å². The lowest BCUT2D eigenvalue weighted by molar-refractivity contribution is -0.147. The Bertz CT molecular complexity index is 207. The van der Waals surface area contributed by atoms with Crippen molar-refractivity contribution in [3.05, 3.63) is 0 Å². The maximum Gasteiger partial charge on any atom is 0.309 e. The summed E-state index contributed by atoms with van der Waals surface area (Å²) in [7, 11) is 0. The summed E-state index contributed by atoms with van der Waals surface area (Å²) >= 11 is 0. The Morgan fingerprint density at radius 1 is 1.25 bits per heavy atom. The van der Waals surface area contributed by atoms with Crippen LogP contribution in [0.1, 0.15) is 27.7 Å². The molecule has 0 aliphatic carbocycles. The minimum absolute atomic E-state index is 0.0569. The summed E-state index contributed by atoms with van der Waals surface area (Å²) < 4.78 is 4.86. The molecule has 0 bridgehead atoms. The smallest absolute Gasteiger partial charge is 0.309 e. The van der Waals surface area contributed by atoms with Crippen LogP contribution in [0.4, 0.5) is 0 Å². The first-order valence-corrected chi connectivity index (χ1v) is 5.70. The van der Waals surface area contributed by atoms with Gasteiger partial charge in [-0.25, -0.2) is 0 Å². The van der Waals surface area contributed by atoms with Crippen LogP contribution in [-0.2, 0) is 14.3 Å². The average molecular weight is 230 g/mol. The molecule has 1 amide bonds. The number of ether oxygens (including phenoxy) is 1. The van der Waals surface area contributed by atoms with Gasteiger partial charge in [0.25, 0.3) is 0 Å². The van der Waals surface area contributed by atoms with Crippen LogP contribution in [0.5, 0.6) is 0 Å². The molecule has 0 aromatic carbocycles. The monoisotopic (exact) mass is 230 g/mol. The topological polar surface area (TPSA) is 67.4 Å². The van der Waals surface area contributed by atoms with Crippen molar-refractivity contribution in [2.45, 2.75) is 33.7 Å². The van der Waals surface area contributed by atoms with Gasteiger partial charge in [-0.1, -0.05) is 6.92 Å². The Balaban J connectivity index is 3.86. The first-order chi connectivity index (χ1) is 7.52. The van der Waals surface area contributed by atoms with Crippen molar-refractivity contribution >= 4 is 11.9 Å². The van der Waals surface area contributed by atoms with E-state index in [1.807, 2.05) is 6.92 Å². The van der Waals surface area contributed by atoms with E-state index >= 15 is 0 Å². The lowest BCUT2D eigenvalue weighted by atomic mass is 10.1. The third-order valence-corrected chi connectivity index (χ3v) is 2.16. The van der Waals surface area contributed by atoms with Gasteiger partial charge in [-0.3, -0.25) is 9.59 Å². The second-order valence-electron chi connectivity index (χ2n) is 3.68. The molecule has 5 nitrogen and oxygen atoms in total. The van der Waals surface area contributed by atoms with Gasteiger partial charge in [0, 0.05) is 13.1 Å². The fraction of sp³-hybridized carbons (Fsp3) is 0.818. The minimum atomic E-state index is -0.295. The van der Waals surface area contributed by atoms with Gasteiger partial charge in [0.05, 0.1) is 18.6 Å². The van der Waals surface area contributed by atoms with Crippen LogP contribution in [-0.4, -0.2) is 37.6 Å². The predicted octanol–water partition coefficient (Wildman–Crippen LogP) is 0.300. The summed E-state index contributed by atoms with van der Waals surface area (Å²) in [5.41, 5.74) is 0. The third kappa shape index (κ3) is 5.70. The van der Waals surface area contributed by atoms with Gasteiger partial charge in [0.1, 0.15) is 0 Å². The molecule has 0 aliphatic rings. The predicted molar refractivity (Wildman–Crippen MR) is 61.9 cm³/mol. The standard InChI is InChI=1S/C11H22N2O3/c1-5-12-10(14)9(4)13-7-8(3)11(15)16-6-2/h8-9,13H,5-7H2,1-4H3,(H,12,14). The highest BCUT2D eigenvalue weighted by atomic mass is 16.5. The zero-order chi connectivity index (χ0) is 12.6. The van der Waals surface area contributed by atoms with Gasteiger partial charge in [0.2, 0.25) is 5.91 Å². The fourth-order valence-electron chi connectivity index (χ4n) is 1.14. The number of rotatable bonds is 7. The first-order valence-electron chi connectivity index (χ1n) is 5.70. The maximum absolute atomic E-state index is 11.4. The summed E-state index contributed by atoms with van der Waals surface area (Å²) in [6.07, 6.45) is 0. The molecule has 0 saturated heterocycles. The fourth-order valence-corrected chi connectivity index (χ4v) is 1.14. The van der Waals surface area contributed by atoms with Crippen molar-refractivity contribution in [3.8, 4) is 0 Å². The Morgan fingerprint density at radius 2 is 1.88 bits per heavy atom. The van der Waals surface area contributed by atoms with E-state index in [0.29, 0.717) is 19.7 Å². The molecule has 0 rings (SSSR count). The lowest BCUT2D eigenvalue weighted by Crippen LogP contribution is -2.44. The molecule has 0 saturated carbocycles. The Labute approximate surface area is 96.9 Å². The van der Waals surface area contributed by atoms with Crippen LogP contribution < -0.4 is 10.6 Å². The Hall–Kier alpha value is -1.10. The van der Waals surface area contributed by atoms with Gasteiger partial charge in [-0.2, -0.15) is 0 Å². The molecule has 5 heteroatoms. The Kier molecular flexibility index (Phi) is 7.54. The van der Waals surface area contributed by atoms with Crippen molar-refractivity contribution in [3.63, 3.8) is 0 Å². The van der Waals surface area contributed by atoms with E-state index < -0.39 is 0 Å². The van der Waals surface area contributed by atoms with Crippen LogP contribution in [0, 0.1) is 5.92 Å². The van der Waals surface area contributed by atoms with Crippen LogP contribution in [0.25, 0.3) is 0 Å². The van der Waals surface area contributed by atoms with E-state index in [9.17, 15) is 9.59 Å². The van der Waals surface area contributed by atoms with Crippen LogP contribution in [0.2, 0.25) is 0 Å². The molecule has 0 spiro atoms. The highest BCUT2D eigenvalue weighted by Crippen LogP contribution is 1.97. The number of likely N-dealkylation sites (N-methyl/N-ethyl adjacent to an activating group) is 1. The first kappa shape index (κ1) is 14.9. The molecule has 0 aliphatic heterocycles. The molecule has 2 atom stereocenters. The van der Waals surface area contributed by atoms with E-state index in [1.165, 1.54) is 0 Å². The molecule has 94 valence electrons. The van der Waals surface area contributed by atoms with Gasteiger partial charge in [-0.05, 0) is 20.8 Å². The number of carbonyl (C=O) groups excluding carboxylic acids is 2. The molecule has 2 unspecified atom stereocenters.